The van der Waals surface area contributed by atoms with Crippen molar-refractivity contribution in [1.29, 1.82) is 0 Å². The highest BCUT2D eigenvalue weighted by molar-refractivity contribution is 5.86. The van der Waals surface area contributed by atoms with Crippen LogP contribution in [0.25, 0.3) is 0 Å². The van der Waals surface area contributed by atoms with E-state index in [2.05, 4.69) is 4.98 Å². The van der Waals surface area contributed by atoms with E-state index in [1.54, 1.807) is 27.7 Å². The summed E-state index contributed by atoms with van der Waals surface area (Å²) in [5, 5.41) is 0. The number of esters is 1. The molecule has 1 aromatic heterocycles. The predicted molar refractivity (Wildman–Crippen MR) is 79.9 cm³/mol. The molecule has 0 bridgehead atoms. The summed E-state index contributed by atoms with van der Waals surface area (Å²) in [5.74, 6) is -0.552. The van der Waals surface area contributed by atoms with Gasteiger partial charge in [-0.3, -0.25) is 0 Å². The zero-order chi connectivity index (χ0) is 17.2. The number of carbonyl (C=O) groups is 2. The molecule has 0 spiro atoms. The number of halogens is 1. The van der Waals surface area contributed by atoms with Crippen LogP contribution in [-0.2, 0) is 9.47 Å². The van der Waals surface area contributed by atoms with Crippen LogP contribution in [0.2, 0.25) is 0 Å². The molecule has 7 nitrogen and oxygen atoms in total. The number of carbonyl (C=O) groups excluding carboxylic acids is 2. The van der Waals surface area contributed by atoms with Crippen LogP contribution < -0.4 is 0 Å². The first-order chi connectivity index (χ1) is 10.7. The van der Waals surface area contributed by atoms with Gasteiger partial charge in [-0.15, -0.1) is 0 Å². The number of aromatic nitrogens is 2. The molecule has 2 rings (SSSR count). The van der Waals surface area contributed by atoms with E-state index >= 15 is 0 Å². The lowest BCUT2D eigenvalue weighted by molar-refractivity contribution is 0.0281. The number of nitrogens with zero attached hydrogens (tertiary/aromatic N) is 3. The molecule has 1 fully saturated rings. The summed E-state index contributed by atoms with van der Waals surface area (Å²) in [6, 6.07) is -0.599. The Labute approximate surface area is 134 Å². The van der Waals surface area contributed by atoms with E-state index in [0.717, 1.165) is 0 Å². The van der Waals surface area contributed by atoms with Crippen LogP contribution >= 0.6 is 0 Å². The van der Waals surface area contributed by atoms with E-state index < -0.39 is 29.9 Å². The van der Waals surface area contributed by atoms with Crippen LogP contribution in [0, 0.1) is 0 Å². The molecule has 0 radical (unpaired) electrons. The van der Waals surface area contributed by atoms with Crippen molar-refractivity contribution < 1.29 is 23.5 Å². The van der Waals surface area contributed by atoms with E-state index in [4.69, 9.17) is 9.47 Å². The first kappa shape index (κ1) is 17.2. The minimum absolute atomic E-state index is 0.0491. The molecule has 0 N–H and O–H groups in total. The van der Waals surface area contributed by atoms with Crippen LogP contribution in [0.15, 0.2) is 12.5 Å². The fraction of sp³-hybridized carbons (Fsp3) is 0.667. The number of imidazole rings is 1. The molecule has 0 saturated carbocycles. The Morgan fingerprint density at radius 1 is 1.39 bits per heavy atom. The van der Waals surface area contributed by atoms with Gasteiger partial charge in [-0.25, -0.2) is 19.0 Å². The van der Waals surface area contributed by atoms with E-state index in [1.165, 1.54) is 22.0 Å². The Hall–Kier alpha value is -2.12. The first-order valence-corrected chi connectivity index (χ1v) is 7.54. The molecule has 2 atom stereocenters. The van der Waals surface area contributed by atoms with Crippen LogP contribution in [0.1, 0.15) is 44.2 Å². The fourth-order valence-corrected chi connectivity index (χ4v) is 2.33. The average Bonchev–Trinajstić information content (AvgIpc) is 3.03. The topological polar surface area (TPSA) is 73.7 Å². The number of amides is 1. The van der Waals surface area contributed by atoms with Crippen molar-refractivity contribution >= 4 is 12.1 Å². The van der Waals surface area contributed by atoms with Crippen molar-refractivity contribution in [3.05, 3.63) is 18.2 Å². The number of ether oxygens (including phenoxy) is 2. The maximum absolute atomic E-state index is 14.3. The lowest BCUT2D eigenvalue weighted by Gasteiger charge is -2.24. The van der Waals surface area contributed by atoms with E-state index in [9.17, 15) is 14.0 Å². The lowest BCUT2D eigenvalue weighted by Crippen LogP contribution is -2.35. The van der Waals surface area contributed by atoms with Gasteiger partial charge >= 0.3 is 12.1 Å². The van der Waals surface area contributed by atoms with Gasteiger partial charge < -0.3 is 18.9 Å². The molecule has 1 amide bonds. The number of rotatable bonds is 3. The number of hydrogen-bond acceptors (Lipinski definition) is 5. The van der Waals surface area contributed by atoms with Gasteiger partial charge in [-0.1, -0.05) is 0 Å². The highest BCUT2D eigenvalue weighted by Gasteiger charge is 2.38. The van der Waals surface area contributed by atoms with Gasteiger partial charge in [0.25, 0.3) is 0 Å². The second kappa shape index (κ2) is 6.55. The SMILES string of the molecule is CCOC(=O)c1cn([C@@H]2CN(C(=O)OC(C)(C)C)C[C@@H]2F)cn1. The zero-order valence-corrected chi connectivity index (χ0v) is 13.8. The molecule has 23 heavy (non-hydrogen) atoms. The van der Waals surface area contributed by atoms with Crippen LogP contribution in [0.4, 0.5) is 9.18 Å². The summed E-state index contributed by atoms with van der Waals surface area (Å²) in [4.78, 5) is 28.9. The van der Waals surface area contributed by atoms with Gasteiger partial charge in [-0.2, -0.15) is 0 Å². The van der Waals surface area contributed by atoms with Gasteiger partial charge in [0, 0.05) is 12.7 Å². The maximum atomic E-state index is 14.3. The normalized spacial score (nSPS) is 21.3. The smallest absolute Gasteiger partial charge is 0.410 e. The molecule has 1 aromatic rings. The molecule has 1 aliphatic heterocycles. The van der Waals surface area contributed by atoms with Crippen LogP contribution in [0.3, 0.4) is 0 Å². The van der Waals surface area contributed by atoms with Gasteiger partial charge in [0.05, 0.1) is 25.5 Å². The third-order valence-corrected chi connectivity index (χ3v) is 3.34. The Bertz CT molecular complexity index is 582. The second-order valence-corrected chi connectivity index (χ2v) is 6.40. The summed E-state index contributed by atoms with van der Waals surface area (Å²) in [5.41, 5.74) is -0.512. The van der Waals surface area contributed by atoms with E-state index in [-0.39, 0.29) is 25.4 Å². The van der Waals surface area contributed by atoms with Gasteiger partial charge in [-0.05, 0) is 27.7 Å². The molecule has 1 aliphatic rings. The minimum Gasteiger partial charge on any atom is -0.461 e. The van der Waals surface area contributed by atoms with E-state index in [0.29, 0.717) is 0 Å². The van der Waals surface area contributed by atoms with Crippen LogP contribution in [-0.4, -0.2) is 58.0 Å². The molecule has 0 aliphatic carbocycles. The molecule has 0 aromatic carbocycles. The van der Waals surface area contributed by atoms with Crippen molar-refractivity contribution in [3.63, 3.8) is 0 Å². The Balaban J connectivity index is 2.04. The van der Waals surface area contributed by atoms with Gasteiger partial charge in [0.15, 0.2) is 5.69 Å². The van der Waals surface area contributed by atoms with Crippen LogP contribution in [0.5, 0.6) is 0 Å². The number of alkyl halides is 1. The number of hydrogen-bond donors (Lipinski definition) is 0. The number of likely N-dealkylation sites (tertiary alicyclic amines) is 1. The molecular formula is C15H22FN3O4. The standard InChI is InChI=1S/C15H22FN3O4/c1-5-22-13(20)11-7-19(9-17-11)12-8-18(6-10(12)16)14(21)23-15(2,3)4/h7,9-10,12H,5-6,8H2,1-4H3/t10-,12+/m0/s1. The Morgan fingerprint density at radius 2 is 2.09 bits per heavy atom. The van der Waals surface area contributed by atoms with Crippen molar-refractivity contribution in [2.24, 2.45) is 0 Å². The molecule has 128 valence electrons. The molecule has 8 heteroatoms. The quantitative estimate of drug-likeness (QED) is 0.796. The Kier molecular flexibility index (Phi) is 4.91. The highest BCUT2D eigenvalue weighted by Crippen LogP contribution is 2.26. The first-order valence-electron chi connectivity index (χ1n) is 7.54. The zero-order valence-electron chi connectivity index (χ0n) is 13.8. The van der Waals surface area contributed by atoms with Gasteiger partial charge in [0.2, 0.25) is 0 Å². The highest BCUT2D eigenvalue weighted by atomic mass is 19.1. The summed E-state index contributed by atoms with van der Waals surface area (Å²) in [7, 11) is 0. The third kappa shape index (κ3) is 4.20. The minimum atomic E-state index is -1.26. The Morgan fingerprint density at radius 3 is 2.70 bits per heavy atom. The van der Waals surface area contributed by atoms with Crippen molar-refractivity contribution in [2.45, 2.75) is 45.5 Å². The summed E-state index contributed by atoms with van der Waals surface area (Å²) in [6.07, 6.45) is 1.01. The fourth-order valence-electron chi connectivity index (χ4n) is 2.33. The van der Waals surface area contributed by atoms with Gasteiger partial charge in [0.1, 0.15) is 11.8 Å². The second-order valence-electron chi connectivity index (χ2n) is 6.40. The predicted octanol–water partition coefficient (Wildman–Crippen LogP) is 2.19. The average molecular weight is 327 g/mol. The molecule has 0 unspecified atom stereocenters. The van der Waals surface area contributed by atoms with Crippen molar-refractivity contribution in [3.8, 4) is 0 Å². The largest absolute Gasteiger partial charge is 0.461 e. The third-order valence-electron chi connectivity index (χ3n) is 3.34. The lowest BCUT2D eigenvalue weighted by atomic mass is 10.2. The van der Waals surface area contributed by atoms with Crippen molar-refractivity contribution in [2.75, 3.05) is 19.7 Å². The molecular weight excluding hydrogens is 305 g/mol. The van der Waals surface area contributed by atoms with Crippen molar-refractivity contribution in [1.82, 2.24) is 14.5 Å². The molecule has 1 saturated heterocycles. The molecule has 2 heterocycles. The summed E-state index contributed by atoms with van der Waals surface area (Å²) < 4.78 is 25.9. The van der Waals surface area contributed by atoms with E-state index in [1.807, 2.05) is 0 Å². The summed E-state index contributed by atoms with van der Waals surface area (Å²) >= 11 is 0. The monoisotopic (exact) mass is 327 g/mol. The summed E-state index contributed by atoms with van der Waals surface area (Å²) in [6.45, 7) is 7.32. The maximum Gasteiger partial charge on any atom is 0.410 e.